The average Bonchev–Trinajstić information content (AvgIpc) is 1.16. The average molecular weight is 1220 g/mol. The standard InChI is InChI=1S/C63H113N11O12/c1-26-28-29-41(15)53(86-25)52-57(79)66-44(27-2)59(81)68(18)34-49(75)69(19)45(30-35(3)4)56(78)67-50(39(11)12)62(84)70(20)46(31-36(5)6)55(77)64-42(16)54(76)65-43(17)58(80)71(21)47(32-37(7)8)60(82)72(22)48(33-38(9)10)61(83)73(23)51(40(13)14)63(85)74(52)24/h26,28,35-48,50-53H,27,29-34H2,1-25H3,(H,64,77)(H,65,76)(H,66,79)(H,67,78)/b28-26+. The van der Waals surface area contributed by atoms with Crippen LogP contribution in [0.2, 0.25) is 0 Å². The molecular weight excluding hydrogens is 1100 g/mol. The lowest BCUT2D eigenvalue weighted by Crippen LogP contribution is -2.63. The van der Waals surface area contributed by atoms with Gasteiger partial charge in [0.15, 0.2) is 0 Å². The fourth-order valence-electron chi connectivity index (χ4n) is 11.0. The molecule has 12 atom stereocenters. The number of nitrogens with zero attached hydrogens (tertiary/aromatic N) is 7. The number of amides is 11. The van der Waals surface area contributed by atoms with E-state index >= 15 is 14.4 Å². The second kappa shape index (κ2) is 35.6. The van der Waals surface area contributed by atoms with Crippen molar-refractivity contribution in [2.24, 2.45) is 41.4 Å². The lowest BCUT2D eigenvalue weighted by Gasteiger charge is -2.42. The smallest absolute Gasteiger partial charge is 0.246 e. The third-order valence-corrected chi connectivity index (χ3v) is 16.3. The highest BCUT2D eigenvalue weighted by molar-refractivity contribution is 5.99. The van der Waals surface area contributed by atoms with E-state index in [2.05, 4.69) is 21.3 Å². The molecule has 1 aliphatic heterocycles. The zero-order chi connectivity index (χ0) is 66.7. The van der Waals surface area contributed by atoms with Gasteiger partial charge in [0, 0.05) is 56.4 Å². The van der Waals surface area contributed by atoms with Crippen molar-refractivity contribution in [3.8, 4) is 0 Å². The zero-order valence-corrected chi connectivity index (χ0v) is 57.0. The van der Waals surface area contributed by atoms with Gasteiger partial charge in [0.05, 0.1) is 12.6 Å². The summed E-state index contributed by atoms with van der Waals surface area (Å²) in [4.78, 5) is 170. The molecule has 1 rings (SSSR count). The van der Waals surface area contributed by atoms with Crippen LogP contribution in [0.4, 0.5) is 0 Å². The Labute approximate surface area is 515 Å². The molecular formula is C63H113N11O12. The van der Waals surface area contributed by atoms with Crippen LogP contribution in [0.5, 0.6) is 0 Å². The van der Waals surface area contributed by atoms with E-state index in [1.54, 1.807) is 34.6 Å². The fourth-order valence-corrected chi connectivity index (χ4v) is 11.0. The maximum absolute atomic E-state index is 15.3. The van der Waals surface area contributed by atoms with Crippen LogP contribution < -0.4 is 21.3 Å². The molecule has 0 bridgehead atoms. The number of hydrogen-bond donors (Lipinski definition) is 4. The van der Waals surface area contributed by atoms with E-state index in [9.17, 15) is 38.4 Å². The van der Waals surface area contributed by atoms with Gasteiger partial charge in [-0.05, 0) is 101 Å². The molecule has 0 aromatic heterocycles. The zero-order valence-electron chi connectivity index (χ0n) is 57.0. The van der Waals surface area contributed by atoms with Gasteiger partial charge in [0.1, 0.15) is 60.4 Å². The molecule has 11 amide bonds. The van der Waals surface area contributed by atoms with Gasteiger partial charge in [-0.15, -0.1) is 0 Å². The van der Waals surface area contributed by atoms with Crippen molar-refractivity contribution in [3.63, 3.8) is 0 Å². The number of methoxy groups -OCH3 is 1. The molecule has 492 valence electrons. The predicted octanol–water partition coefficient (Wildman–Crippen LogP) is 3.92. The number of carbonyl (C=O) groups excluding carboxylic acids is 11. The van der Waals surface area contributed by atoms with Gasteiger partial charge in [0.25, 0.3) is 0 Å². The van der Waals surface area contributed by atoms with Crippen LogP contribution in [0.25, 0.3) is 0 Å². The lowest BCUT2D eigenvalue weighted by molar-refractivity contribution is -0.158. The molecule has 0 aromatic carbocycles. The minimum atomic E-state index is -1.37. The number of ether oxygens (including phenoxy) is 1. The molecule has 12 unspecified atom stereocenters. The van der Waals surface area contributed by atoms with Gasteiger partial charge in [-0.25, -0.2) is 0 Å². The predicted molar refractivity (Wildman–Crippen MR) is 333 cm³/mol. The van der Waals surface area contributed by atoms with Crippen LogP contribution in [0.15, 0.2) is 12.2 Å². The van der Waals surface area contributed by atoms with Gasteiger partial charge >= 0.3 is 0 Å². The van der Waals surface area contributed by atoms with Crippen LogP contribution in [0.1, 0.15) is 156 Å². The second-order valence-electron chi connectivity index (χ2n) is 26.3. The fraction of sp³-hybridized carbons (Fsp3) is 0.794. The Hall–Kier alpha value is -6.13. The first-order valence-corrected chi connectivity index (χ1v) is 30.9. The van der Waals surface area contributed by atoms with E-state index in [4.69, 9.17) is 4.74 Å². The summed E-state index contributed by atoms with van der Waals surface area (Å²) in [6, 6.07) is -11.9. The summed E-state index contributed by atoms with van der Waals surface area (Å²) in [6.45, 7) is 29.8. The van der Waals surface area contributed by atoms with Crippen LogP contribution >= 0.6 is 0 Å². The van der Waals surface area contributed by atoms with E-state index in [-0.39, 0.29) is 61.7 Å². The van der Waals surface area contributed by atoms with Crippen molar-refractivity contribution in [1.82, 2.24) is 55.6 Å². The molecule has 1 fully saturated rings. The van der Waals surface area contributed by atoms with Crippen molar-refractivity contribution in [3.05, 3.63) is 12.2 Å². The molecule has 0 saturated carbocycles. The Kier molecular flexibility index (Phi) is 32.3. The number of rotatable bonds is 16. The first kappa shape index (κ1) is 77.9. The summed E-state index contributed by atoms with van der Waals surface area (Å²) in [6.07, 6.45) is 3.99. The van der Waals surface area contributed by atoms with Crippen molar-refractivity contribution in [2.45, 2.75) is 223 Å². The Bertz CT molecular complexity index is 2340. The minimum absolute atomic E-state index is 0.0661. The summed E-state index contributed by atoms with van der Waals surface area (Å²) >= 11 is 0. The molecule has 1 saturated heterocycles. The molecule has 1 aliphatic rings. The quantitative estimate of drug-likeness (QED) is 0.160. The molecule has 23 nitrogen and oxygen atoms in total. The van der Waals surface area contributed by atoms with Crippen molar-refractivity contribution >= 4 is 65.0 Å². The summed E-state index contributed by atoms with van der Waals surface area (Å²) in [5, 5.41) is 11.1. The third-order valence-electron chi connectivity index (χ3n) is 16.3. The van der Waals surface area contributed by atoms with Crippen LogP contribution in [-0.4, -0.2) is 229 Å². The molecule has 0 radical (unpaired) electrons. The molecule has 4 N–H and O–H groups in total. The summed E-state index contributed by atoms with van der Waals surface area (Å²) in [5.74, 6) is -8.98. The molecule has 23 heteroatoms. The van der Waals surface area contributed by atoms with E-state index < -0.39 is 150 Å². The summed E-state index contributed by atoms with van der Waals surface area (Å²) < 4.78 is 6.07. The van der Waals surface area contributed by atoms with E-state index in [0.717, 1.165) is 4.90 Å². The Morgan fingerprint density at radius 1 is 0.465 bits per heavy atom. The van der Waals surface area contributed by atoms with Crippen molar-refractivity contribution in [2.75, 3.05) is 63.0 Å². The number of allylic oxidation sites excluding steroid dienone is 2. The highest BCUT2D eigenvalue weighted by Crippen LogP contribution is 2.26. The highest BCUT2D eigenvalue weighted by atomic mass is 16.5. The van der Waals surface area contributed by atoms with Gasteiger partial charge in [-0.1, -0.05) is 109 Å². The van der Waals surface area contributed by atoms with E-state index in [0.29, 0.717) is 6.42 Å². The molecule has 1 heterocycles. The first-order valence-electron chi connectivity index (χ1n) is 30.9. The first-order chi connectivity index (χ1) is 39.7. The topological polar surface area (TPSA) is 268 Å². The number of nitrogens with one attached hydrogen (secondary N) is 4. The maximum atomic E-state index is 15.3. The van der Waals surface area contributed by atoms with Crippen LogP contribution in [0, 0.1) is 41.4 Å². The highest BCUT2D eigenvalue weighted by Gasteiger charge is 2.46. The SMILES string of the molecule is C/C=C/CC(C)C(OC)C1C(=O)NC(CC)C(=O)N(C)CC(=O)N(C)C(CC(C)C)C(=O)NC(C(C)C)C(=O)N(C)C(CC(C)C)C(=O)NC(C)C(=O)NC(C)C(=O)N(C)C(CC(C)C)C(=O)N(C)C(CC(C)C)C(=O)N(C)C(C(C)C)C(=O)N1C. The van der Waals surface area contributed by atoms with Gasteiger partial charge in [-0.2, -0.15) is 0 Å². The molecule has 0 aromatic rings. The Morgan fingerprint density at radius 3 is 1.33 bits per heavy atom. The van der Waals surface area contributed by atoms with Crippen molar-refractivity contribution < 1.29 is 57.5 Å². The third kappa shape index (κ3) is 21.6. The molecule has 0 aliphatic carbocycles. The lowest BCUT2D eigenvalue weighted by atomic mass is 9.91. The maximum Gasteiger partial charge on any atom is 0.246 e. The number of carbonyl (C=O) groups is 11. The largest absolute Gasteiger partial charge is 0.378 e. The minimum Gasteiger partial charge on any atom is -0.378 e. The Balaban J connectivity index is 4.36. The van der Waals surface area contributed by atoms with Crippen LogP contribution in [-0.2, 0) is 57.5 Å². The monoisotopic (exact) mass is 1220 g/mol. The van der Waals surface area contributed by atoms with Gasteiger partial charge in [0.2, 0.25) is 65.0 Å². The Morgan fingerprint density at radius 2 is 0.884 bits per heavy atom. The molecule has 86 heavy (non-hydrogen) atoms. The van der Waals surface area contributed by atoms with Gasteiger partial charge in [-0.3, -0.25) is 52.7 Å². The second-order valence-corrected chi connectivity index (χ2v) is 26.3. The number of hydrogen-bond acceptors (Lipinski definition) is 12. The summed E-state index contributed by atoms with van der Waals surface area (Å²) in [5.41, 5.74) is 0. The summed E-state index contributed by atoms with van der Waals surface area (Å²) in [7, 11) is 11.6. The van der Waals surface area contributed by atoms with Crippen LogP contribution in [0.3, 0.4) is 0 Å². The van der Waals surface area contributed by atoms with Gasteiger partial charge < -0.3 is 60.3 Å². The van der Waals surface area contributed by atoms with E-state index in [1.807, 2.05) is 81.4 Å². The molecule has 0 spiro atoms. The van der Waals surface area contributed by atoms with E-state index in [1.165, 1.54) is 99.7 Å². The number of likely N-dealkylation sites (N-methyl/N-ethyl adjacent to an activating group) is 7. The normalized spacial score (nSPS) is 26.7. The van der Waals surface area contributed by atoms with Crippen molar-refractivity contribution in [1.29, 1.82) is 0 Å².